The first-order valence-corrected chi connectivity index (χ1v) is 10.3. The summed E-state index contributed by atoms with van der Waals surface area (Å²) in [5.41, 5.74) is 2.76. The molecule has 0 atom stereocenters. The average Bonchev–Trinajstić information content (AvgIpc) is 3.22. The number of thiazole rings is 1. The molecule has 1 aliphatic rings. The van der Waals surface area contributed by atoms with Crippen LogP contribution < -0.4 is 9.64 Å². The van der Waals surface area contributed by atoms with Crippen molar-refractivity contribution in [1.29, 1.82) is 0 Å². The Balaban J connectivity index is 1.41. The molecular formula is C19H24N6O2S. The van der Waals surface area contributed by atoms with Gasteiger partial charge in [-0.05, 0) is 31.9 Å². The number of hydrogen-bond acceptors (Lipinski definition) is 7. The van der Waals surface area contributed by atoms with Crippen LogP contribution in [0.1, 0.15) is 17.7 Å². The smallest absolute Gasteiger partial charge is 0.260 e. The number of hydrogen-bond donors (Lipinski definition) is 0. The van der Waals surface area contributed by atoms with Gasteiger partial charge in [0.15, 0.2) is 17.4 Å². The molecule has 1 aliphatic heterocycles. The van der Waals surface area contributed by atoms with Crippen LogP contribution in [0.25, 0.3) is 11.0 Å². The first kappa shape index (κ1) is 18.7. The lowest BCUT2D eigenvalue weighted by Gasteiger charge is -2.21. The van der Waals surface area contributed by atoms with Gasteiger partial charge in [-0.3, -0.25) is 4.79 Å². The summed E-state index contributed by atoms with van der Waals surface area (Å²) in [6, 6.07) is 2.00. The lowest BCUT2D eigenvalue weighted by molar-refractivity contribution is -0.133. The summed E-state index contributed by atoms with van der Waals surface area (Å²) in [5.74, 6) is 0.451. The lowest BCUT2D eigenvalue weighted by atomic mass is 10.2. The van der Waals surface area contributed by atoms with E-state index < -0.39 is 0 Å². The SMILES string of the molecule is Cc1cc(C)c2c(OCC(=O)N3CCCN(c4nccs4)CC3)nn(C)c2n1. The monoisotopic (exact) mass is 400 g/mol. The molecular weight excluding hydrogens is 376 g/mol. The van der Waals surface area contributed by atoms with E-state index in [2.05, 4.69) is 20.0 Å². The molecule has 9 heteroatoms. The van der Waals surface area contributed by atoms with Crippen molar-refractivity contribution in [3.63, 3.8) is 0 Å². The highest BCUT2D eigenvalue weighted by Crippen LogP contribution is 2.27. The number of carbonyl (C=O) groups is 1. The van der Waals surface area contributed by atoms with Gasteiger partial charge >= 0.3 is 0 Å². The number of carbonyl (C=O) groups excluding carboxylic acids is 1. The van der Waals surface area contributed by atoms with Gasteiger partial charge in [0.25, 0.3) is 5.91 Å². The Bertz CT molecular complexity index is 984. The second-order valence-corrected chi connectivity index (χ2v) is 7.91. The van der Waals surface area contributed by atoms with Gasteiger partial charge in [0.1, 0.15) is 0 Å². The third-order valence-electron chi connectivity index (χ3n) is 4.96. The van der Waals surface area contributed by atoms with E-state index in [4.69, 9.17) is 4.74 Å². The van der Waals surface area contributed by atoms with Gasteiger partial charge in [0, 0.05) is 50.5 Å². The second-order valence-electron chi connectivity index (χ2n) is 7.03. The minimum atomic E-state index is -0.0172. The number of fused-ring (bicyclic) bond motifs is 1. The highest BCUT2D eigenvalue weighted by molar-refractivity contribution is 7.13. The fourth-order valence-corrected chi connectivity index (χ4v) is 4.30. The van der Waals surface area contributed by atoms with E-state index >= 15 is 0 Å². The summed E-state index contributed by atoms with van der Waals surface area (Å²) in [6.07, 6.45) is 2.73. The van der Waals surface area contributed by atoms with Crippen molar-refractivity contribution in [2.45, 2.75) is 20.3 Å². The topological polar surface area (TPSA) is 76.4 Å². The number of nitrogens with zero attached hydrogens (tertiary/aromatic N) is 6. The van der Waals surface area contributed by atoms with Crippen LogP contribution in [-0.4, -0.2) is 63.3 Å². The van der Waals surface area contributed by atoms with Crippen molar-refractivity contribution in [3.05, 3.63) is 28.9 Å². The summed E-state index contributed by atoms with van der Waals surface area (Å²) in [5, 5.41) is 8.28. The molecule has 28 heavy (non-hydrogen) atoms. The summed E-state index contributed by atoms with van der Waals surface area (Å²) in [6.45, 7) is 7.04. The molecule has 1 fully saturated rings. The molecule has 148 valence electrons. The van der Waals surface area contributed by atoms with Crippen LogP contribution in [0, 0.1) is 13.8 Å². The van der Waals surface area contributed by atoms with E-state index in [0.717, 1.165) is 53.5 Å². The quantitative estimate of drug-likeness (QED) is 0.668. The Kier molecular flexibility index (Phi) is 5.17. The Morgan fingerprint density at radius 1 is 1.25 bits per heavy atom. The van der Waals surface area contributed by atoms with Gasteiger partial charge in [-0.25, -0.2) is 14.6 Å². The van der Waals surface area contributed by atoms with Gasteiger partial charge in [0.05, 0.1) is 5.39 Å². The molecule has 4 rings (SSSR count). The normalized spacial score (nSPS) is 15.1. The maximum atomic E-state index is 12.7. The molecule has 0 aliphatic carbocycles. The predicted octanol–water partition coefficient (Wildman–Crippen LogP) is 2.16. The summed E-state index contributed by atoms with van der Waals surface area (Å²) in [7, 11) is 1.84. The molecule has 0 N–H and O–H groups in total. The average molecular weight is 401 g/mol. The van der Waals surface area contributed by atoms with Gasteiger partial charge in [-0.15, -0.1) is 16.4 Å². The van der Waals surface area contributed by atoms with E-state index in [9.17, 15) is 4.79 Å². The summed E-state index contributed by atoms with van der Waals surface area (Å²) < 4.78 is 7.53. The molecule has 8 nitrogen and oxygen atoms in total. The highest BCUT2D eigenvalue weighted by atomic mass is 32.1. The molecule has 0 spiro atoms. The van der Waals surface area contributed by atoms with Crippen LogP contribution in [0.5, 0.6) is 5.88 Å². The van der Waals surface area contributed by atoms with Crippen molar-refractivity contribution in [3.8, 4) is 5.88 Å². The molecule has 3 aromatic rings. The first-order chi connectivity index (χ1) is 13.5. The Morgan fingerprint density at radius 2 is 2.11 bits per heavy atom. The number of anilines is 1. The van der Waals surface area contributed by atoms with Crippen LogP contribution in [0.3, 0.4) is 0 Å². The fourth-order valence-electron chi connectivity index (χ4n) is 3.60. The number of rotatable bonds is 4. The van der Waals surface area contributed by atoms with Gasteiger partial charge in [-0.1, -0.05) is 0 Å². The molecule has 3 aromatic heterocycles. The lowest BCUT2D eigenvalue weighted by Crippen LogP contribution is -2.38. The summed E-state index contributed by atoms with van der Waals surface area (Å²) in [4.78, 5) is 25.7. The van der Waals surface area contributed by atoms with E-state index in [1.165, 1.54) is 0 Å². The Labute approximate surface area is 167 Å². The molecule has 0 saturated carbocycles. The molecule has 0 radical (unpaired) electrons. The Morgan fingerprint density at radius 3 is 2.89 bits per heavy atom. The zero-order valence-electron chi connectivity index (χ0n) is 16.4. The molecule has 0 aromatic carbocycles. The molecule has 1 saturated heterocycles. The van der Waals surface area contributed by atoms with Crippen molar-refractivity contribution in [2.75, 3.05) is 37.7 Å². The second kappa shape index (κ2) is 7.75. The molecule has 1 amide bonds. The maximum Gasteiger partial charge on any atom is 0.260 e. The van der Waals surface area contributed by atoms with E-state index in [1.807, 2.05) is 43.4 Å². The zero-order chi connectivity index (χ0) is 19.7. The number of aryl methyl sites for hydroxylation is 3. The molecule has 0 bridgehead atoms. The van der Waals surface area contributed by atoms with Crippen molar-refractivity contribution < 1.29 is 9.53 Å². The zero-order valence-corrected chi connectivity index (χ0v) is 17.2. The van der Waals surface area contributed by atoms with Crippen molar-refractivity contribution >= 4 is 33.4 Å². The van der Waals surface area contributed by atoms with Gasteiger partial charge < -0.3 is 14.5 Å². The number of aromatic nitrogens is 4. The standard InChI is InChI=1S/C19H24N6O2S/c1-13-11-14(2)21-17-16(13)18(22-23(17)3)27-12-15(26)24-6-4-7-25(9-8-24)19-20-5-10-28-19/h5,10-11H,4,6-9,12H2,1-3H3. The number of ether oxygens (including phenoxy) is 1. The van der Waals surface area contributed by atoms with Crippen molar-refractivity contribution in [1.82, 2.24) is 24.6 Å². The third kappa shape index (κ3) is 3.66. The van der Waals surface area contributed by atoms with Crippen LogP contribution >= 0.6 is 11.3 Å². The van der Waals surface area contributed by atoms with E-state index in [-0.39, 0.29) is 12.5 Å². The minimum absolute atomic E-state index is 0.0162. The Hall–Kier alpha value is -2.68. The predicted molar refractivity (Wildman–Crippen MR) is 109 cm³/mol. The van der Waals surface area contributed by atoms with Crippen LogP contribution in [0.15, 0.2) is 17.6 Å². The van der Waals surface area contributed by atoms with Gasteiger partial charge in [-0.2, -0.15) is 0 Å². The third-order valence-corrected chi connectivity index (χ3v) is 5.79. The largest absolute Gasteiger partial charge is 0.466 e. The van der Waals surface area contributed by atoms with Crippen LogP contribution in [-0.2, 0) is 11.8 Å². The number of pyridine rings is 1. The minimum Gasteiger partial charge on any atom is -0.466 e. The number of amides is 1. The van der Waals surface area contributed by atoms with Crippen LogP contribution in [0.2, 0.25) is 0 Å². The fraction of sp³-hybridized carbons (Fsp3) is 0.474. The summed E-state index contributed by atoms with van der Waals surface area (Å²) >= 11 is 1.63. The molecule has 0 unspecified atom stereocenters. The first-order valence-electron chi connectivity index (χ1n) is 9.39. The van der Waals surface area contributed by atoms with E-state index in [0.29, 0.717) is 12.4 Å². The van der Waals surface area contributed by atoms with E-state index in [1.54, 1.807) is 16.0 Å². The van der Waals surface area contributed by atoms with Crippen molar-refractivity contribution in [2.24, 2.45) is 7.05 Å². The van der Waals surface area contributed by atoms with Gasteiger partial charge in [0.2, 0.25) is 5.88 Å². The highest BCUT2D eigenvalue weighted by Gasteiger charge is 2.22. The maximum absolute atomic E-state index is 12.7. The molecule has 4 heterocycles. The van der Waals surface area contributed by atoms with Crippen LogP contribution in [0.4, 0.5) is 5.13 Å².